The van der Waals surface area contributed by atoms with E-state index in [2.05, 4.69) is 17.3 Å². The molecule has 0 aromatic rings. The molecular formula is C15H28N2O. The van der Waals surface area contributed by atoms with Gasteiger partial charge in [-0.05, 0) is 58.7 Å². The number of hydrogen-bond donors (Lipinski definition) is 1. The Kier molecular flexibility index (Phi) is 3.92. The van der Waals surface area contributed by atoms with E-state index in [1.165, 1.54) is 64.5 Å². The molecule has 104 valence electrons. The van der Waals surface area contributed by atoms with Crippen molar-refractivity contribution in [3.8, 4) is 0 Å². The fourth-order valence-corrected chi connectivity index (χ4v) is 4.05. The van der Waals surface area contributed by atoms with Gasteiger partial charge < -0.3 is 15.0 Å². The molecule has 2 heterocycles. The Bertz CT molecular complexity index is 268. The molecule has 2 saturated heterocycles. The van der Waals surface area contributed by atoms with Crippen LogP contribution in [0.3, 0.4) is 0 Å². The largest absolute Gasteiger partial charge is 0.375 e. The lowest BCUT2D eigenvalue weighted by Gasteiger charge is -2.41. The highest BCUT2D eigenvalue weighted by Gasteiger charge is 2.40. The van der Waals surface area contributed by atoms with Crippen molar-refractivity contribution in [2.75, 3.05) is 26.7 Å². The Balaban J connectivity index is 1.50. The molecule has 3 nitrogen and oxygen atoms in total. The monoisotopic (exact) mass is 252 g/mol. The molecule has 3 aliphatic rings. The van der Waals surface area contributed by atoms with Crippen molar-refractivity contribution in [1.82, 2.24) is 10.2 Å². The summed E-state index contributed by atoms with van der Waals surface area (Å²) in [5, 5.41) is 3.92. The standard InChI is InChI=1S/C15H28N2O/c1-17-9-4-13(5-10-17)16-14-6-11-18-15(12-14)7-2-3-8-15/h13-14,16H,2-12H2,1H3. The quantitative estimate of drug-likeness (QED) is 0.815. The van der Waals surface area contributed by atoms with Crippen LogP contribution in [0.1, 0.15) is 51.4 Å². The number of nitrogens with zero attached hydrogens (tertiary/aromatic N) is 1. The third kappa shape index (κ3) is 2.89. The van der Waals surface area contributed by atoms with Crippen molar-refractivity contribution in [2.45, 2.75) is 69.1 Å². The highest BCUT2D eigenvalue weighted by Crippen LogP contribution is 2.40. The van der Waals surface area contributed by atoms with Gasteiger partial charge in [-0.3, -0.25) is 0 Å². The van der Waals surface area contributed by atoms with Crippen LogP contribution in [0.15, 0.2) is 0 Å². The van der Waals surface area contributed by atoms with Crippen molar-refractivity contribution < 1.29 is 4.74 Å². The molecule has 1 N–H and O–H groups in total. The van der Waals surface area contributed by atoms with Gasteiger partial charge in [-0.25, -0.2) is 0 Å². The van der Waals surface area contributed by atoms with Gasteiger partial charge in [0, 0.05) is 18.7 Å². The smallest absolute Gasteiger partial charge is 0.0697 e. The molecule has 1 atom stereocenters. The number of hydrogen-bond acceptors (Lipinski definition) is 3. The Hall–Kier alpha value is -0.120. The van der Waals surface area contributed by atoms with Gasteiger partial charge in [0.25, 0.3) is 0 Å². The first-order valence-corrected chi connectivity index (χ1v) is 7.84. The summed E-state index contributed by atoms with van der Waals surface area (Å²) in [5.74, 6) is 0. The van der Waals surface area contributed by atoms with Crippen molar-refractivity contribution in [3.63, 3.8) is 0 Å². The summed E-state index contributed by atoms with van der Waals surface area (Å²) in [6.07, 6.45) is 10.5. The highest BCUT2D eigenvalue weighted by atomic mass is 16.5. The van der Waals surface area contributed by atoms with Gasteiger partial charge >= 0.3 is 0 Å². The minimum Gasteiger partial charge on any atom is -0.375 e. The van der Waals surface area contributed by atoms with Crippen LogP contribution in [0.25, 0.3) is 0 Å². The van der Waals surface area contributed by atoms with Crippen LogP contribution in [-0.2, 0) is 4.74 Å². The Morgan fingerprint density at radius 1 is 1.06 bits per heavy atom. The second-order valence-corrected chi connectivity index (χ2v) is 6.67. The lowest BCUT2D eigenvalue weighted by atomic mass is 9.88. The Morgan fingerprint density at radius 3 is 2.50 bits per heavy atom. The Morgan fingerprint density at radius 2 is 1.78 bits per heavy atom. The van der Waals surface area contributed by atoms with E-state index in [4.69, 9.17) is 4.74 Å². The first-order chi connectivity index (χ1) is 8.76. The average Bonchev–Trinajstić information content (AvgIpc) is 2.80. The normalized spacial score (nSPS) is 34.2. The van der Waals surface area contributed by atoms with Crippen LogP contribution < -0.4 is 5.32 Å². The molecule has 0 aromatic carbocycles. The van der Waals surface area contributed by atoms with Gasteiger partial charge in [-0.2, -0.15) is 0 Å². The summed E-state index contributed by atoms with van der Waals surface area (Å²) in [6.45, 7) is 3.49. The van der Waals surface area contributed by atoms with Crippen LogP contribution in [0.5, 0.6) is 0 Å². The topological polar surface area (TPSA) is 24.5 Å². The van der Waals surface area contributed by atoms with Gasteiger partial charge in [-0.1, -0.05) is 12.8 Å². The third-order valence-electron chi connectivity index (χ3n) is 5.20. The molecule has 3 rings (SSSR count). The summed E-state index contributed by atoms with van der Waals surface area (Å²) in [4.78, 5) is 2.45. The number of piperidine rings is 1. The van der Waals surface area contributed by atoms with E-state index in [-0.39, 0.29) is 5.60 Å². The van der Waals surface area contributed by atoms with E-state index in [0.717, 1.165) is 12.6 Å². The third-order valence-corrected chi connectivity index (χ3v) is 5.20. The molecule has 0 radical (unpaired) electrons. The molecule has 0 bridgehead atoms. The maximum atomic E-state index is 6.11. The molecule has 18 heavy (non-hydrogen) atoms. The number of rotatable bonds is 2. The molecule has 0 amide bonds. The van der Waals surface area contributed by atoms with E-state index in [1.807, 2.05) is 0 Å². The zero-order valence-corrected chi connectivity index (χ0v) is 11.8. The minimum absolute atomic E-state index is 0.265. The molecule has 1 unspecified atom stereocenters. The predicted octanol–water partition coefficient (Wildman–Crippen LogP) is 2.16. The van der Waals surface area contributed by atoms with Crippen LogP contribution in [-0.4, -0.2) is 49.3 Å². The SMILES string of the molecule is CN1CCC(NC2CCOC3(CCCC3)C2)CC1. The summed E-state index contributed by atoms with van der Waals surface area (Å²) in [5.41, 5.74) is 0.265. The molecule has 2 aliphatic heterocycles. The molecule has 3 fully saturated rings. The van der Waals surface area contributed by atoms with Gasteiger partial charge in [0.2, 0.25) is 0 Å². The van der Waals surface area contributed by atoms with Gasteiger partial charge in [0.1, 0.15) is 0 Å². The molecule has 1 spiro atoms. The highest BCUT2D eigenvalue weighted by molar-refractivity contribution is 4.94. The van der Waals surface area contributed by atoms with Crippen LogP contribution in [0.4, 0.5) is 0 Å². The fourth-order valence-electron chi connectivity index (χ4n) is 4.05. The van der Waals surface area contributed by atoms with Gasteiger partial charge in [0.05, 0.1) is 5.60 Å². The van der Waals surface area contributed by atoms with Crippen molar-refractivity contribution in [3.05, 3.63) is 0 Å². The van der Waals surface area contributed by atoms with Gasteiger partial charge in [0.15, 0.2) is 0 Å². The molecule has 1 saturated carbocycles. The van der Waals surface area contributed by atoms with Gasteiger partial charge in [-0.15, -0.1) is 0 Å². The second-order valence-electron chi connectivity index (χ2n) is 6.67. The maximum absolute atomic E-state index is 6.11. The summed E-state index contributed by atoms with van der Waals surface area (Å²) in [7, 11) is 2.23. The first kappa shape index (κ1) is 12.9. The minimum atomic E-state index is 0.265. The zero-order valence-electron chi connectivity index (χ0n) is 11.8. The van der Waals surface area contributed by atoms with E-state index in [9.17, 15) is 0 Å². The van der Waals surface area contributed by atoms with Crippen molar-refractivity contribution >= 4 is 0 Å². The van der Waals surface area contributed by atoms with Crippen LogP contribution in [0, 0.1) is 0 Å². The Labute approximate surface area is 111 Å². The van der Waals surface area contributed by atoms with E-state index >= 15 is 0 Å². The summed E-state index contributed by atoms with van der Waals surface area (Å²) >= 11 is 0. The lowest BCUT2D eigenvalue weighted by molar-refractivity contribution is -0.0852. The van der Waals surface area contributed by atoms with E-state index in [1.54, 1.807) is 0 Å². The van der Waals surface area contributed by atoms with Crippen LogP contribution >= 0.6 is 0 Å². The number of likely N-dealkylation sites (tertiary alicyclic amines) is 1. The van der Waals surface area contributed by atoms with Crippen LogP contribution in [0.2, 0.25) is 0 Å². The average molecular weight is 252 g/mol. The predicted molar refractivity (Wildman–Crippen MR) is 73.8 cm³/mol. The van der Waals surface area contributed by atoms with Crippen molar-refractivity contribution in [1.29, 1.82) is 0 Å². The first-order valence-electron chi connectivity index (χ1n) is 7.84. The number of ether oxygens (including phenoxy) is 1. The van der Waals surface area contributed by atoms with Crippen molar-refractivity contribution in [2.24, 2.45) is 0 Å². The fraction of sp³-hybridized carbons (Fsp3) is 1.00. The lowest BCUT2D eigenvalue weighted by Crippen LogP contribution is -2.51. The molecule has 1 aliphatic carbocycles. The number of nitrogens with one attached hydrogen (secondary N) is 1. The van der Waals surface area contributed by atoms with E-state index in [0.29, 0.717) is 6.04 Å². The summed E-state index contributed by atoms with van der Waals surface area (Å²) in [6, 6.07) is 1.47. The molecule has 0 aromatic heterocycles. The molecular weight excluding hydrogens is 224 g/mol. The second kappa shape index (κ2) is 5.48. The zero-order chi connectivity index (χ0) is 12.4. The summed E-state index contributed by atoms with van der Waals surface area (Å²) < 4.78 is 6.11. The van der Waals surface area contributed by atoms with E-state index < -0.39 is 0 Å². The molecule has 3 heteroatoms. The maximum Gasteiger partial charge on any atom is 0.0697 e.